The maximum atomic E-state index is 12.9. The van der Waals surface area contributed by atoms with Crippen LogP contribution in [-0.2, 0) is 6.54 Å². The van der Waals surface area contributed by atoms with Crippen molar-refractivity contribution < 1.29 is 9.69 Å². The molecule has 1 N–H and O–H groups in total. The minimum absolute atomic E-state index is 0.148. The summed E-state index contributed by atoms with van der Waals surface area (Å²) in [5.41, 5.74) is 3.06. The van der Waals surface area contributed by atoms with Crippen LogP contribution in [0.1, 0.15) is 29.2 Å². The third-order valence-electron chi connectivity index (χ3n) is 5.74. The molecule has 29 heavy (non-hydrogen) atoms. The zero-order valence-electron chi connectivity index (χ0n) is 17.2. The number of aromatic nitrogens is 1. The standard InChI is InChI=1S/C23H28N4OS/c1-3-26(4-2)19-11-9-18(10-12-19)23(28)27-15-13-25(14-16-27)17-22-24-20-7-5-6-8-21(20)29-22/h5-12H,3-4,13-17H2,1-2H3/p+1. The Morgan fingerprint density at radius 3 is 2.41 bits per heavy atom. The molecule has 0 spiro atoms. The number of fused-ring (bicyclic) bond motifs is 1. The SMILES string of the molecule is CCN(CC)c1ccc(C(=O)N2CC[NH+](Cc3nc4ccccc4s3)CC2)cc1. The van der Waals surface area contributed by atoms with Crippen LogP contribution in [0.15, 0.2) is 48.5 Å². The number of carbonyl (C=O) groups is 1. The van der Waals surface area contributed by atoms with Gasteiger partial charge in [0.1, 0.15) is 11.6 Å². The highest BCUT2D eigenvalue weighted by Gasteiger charge is 2.25. The number of anilines is 1. The second-order valence-corrected chi connectivity index (χ2v) is 8.63. The molecule has 1 aromatic heterocycles. The largest absolute Gasteiger partial charge is 0.372 e. The topological polar surface area (TPSA) is 40.9 Å². The van der Waals surface area contributed by atoms with Crippen molar-refractivity contribution in [1.82, 2.24) is 9.88 Å². The van der Waals surface area contributed by atoms with Crippen LogP contribution >= 0.6 is 11.3 Å². The minimum atomic E-state index is 0.148. The summed E-state index contributed by atoms with van der Waals surface area (Å²) in [6.07, 6.45) is 0. The summed E-state index contributed by atoms with van der Waals surface area (Å²) in [6.45, 7) is 10.7. The Labute approximate surface area is 176 Å². The lowest BCUT2D eigenvalue weighted by Gasteiger charge is -2.32. The van der Waals surface area contributed by atoms with Gasteiger partial charge in [-0.05, 0) is 50.2 Å². The monoisotopic (exact) mass is 409 g/mol. The van der Waals surface area contributed by atoms with Gasteiger partial charge in [0.25, 0.3) is 5.91 Å². The molecule has 3 aromatic rings. The molecule has 0 aliphatic carbocycles. The van der Waals surface area contributed by atoms with Crippen LogP contribution in [0.5, 0.6) is 0 Å². The smallest absolute Gasteiger partial charge is 0.254 e. The summed E-state index contributed by atoms with van der Waals surface area (Å²) in [5, 5.41) is 1.19. The Morgan fingerprint density at radius 1 is 1.07 bits per heavy atom. The quantitative estimate of drug-likeness (QED) is 0.681. The number of para-hydroxylation sites is 1. The molecule has 5 nitrogen and oxygen atoms in total. The summed E-state index contributed by atoms with van der Waals surface area (Å²) in [4.78, 5) is 23.4. The molecule has 152 valence electrons. The Morgan fingerprint density at radius 2 is 1.76 bits per heavy atom. The number of hydrogen-bond donors (Lipinski definition) is 1. The first-order valence-electron chi connectivity index (χ1n) is 10.5. The minimum Gasteiger partial charge on any atom is -0.372 e. The van der Waals surface area contributed by atoms with E-state index in [-0.39, 0.29) is 5.91 Å². The second-order valence-electron chi connectivity index (χ2n) is 7.51. The van der Waals surface area contributed by atoms with Crippen LogP contribution in [0.25, 0.3) is 10.2 Å². The van der Waals surface area contributed by atoms with Gasteiger partial charge in [0.15, 0.2) is 0 Å². The zero-order valence-corrected chi connectivity index (χ0v) is 18.0. The van der Waals surface area contributed by atoms with Gasteiger partial charge < -0.3 is 14.7 Å². The van der Waals surface area contributed by atoms with Crippen LogP contribution in [-0.4, -0.2) is 55.1 Å². The molecule has 4 rings (SSSR count). The van der Waals surface area contributed by atoms with Crippen LogP contribution in [0, 0.1) is 0 Å². The van der Waals surface area contributed by atoms with Gasteiger partial charge in [0.05, 0.1) is 36.4 Å². The average molecular weight is 410 g/mol. The molecule has 0 bridgehead atoms. The van der Waals surface area contributed by atoms with Crippen molar-refractivity contribution in [2.45, 2.75) is 20.4 Å². The Kier molecular flexibility index (Phi) is 6.11. The van der Waals surface area contributed by atoms with E-state index < -0.39 is 0 Å². The number of hydrogen-bond acceptors (Lipinski definition) is 4. The Balaban J connectivity index is 1.33. The summed E-state index contributed by atoms with van der Waals surface area (Å²) < 4.78 is 1.25. The lowest BCUT2D eigenvalue weighted by atomic mass is 10.1. The van der Waals surface area contributed by atoms with E-state index >= 15 is 0 Å². The lowest BCUT2D eigenvalue weighted by Crippen LogP contribution is -3.13. The van der Waals surface area contributed by atoms with E-state index in [0.717, 1.165) is 56.9 Å². The summed E-state index contributed by atoms with van der Waals surface area (Å²) in [7, 11) is 0. The molecular formula is C23H29N4OS+. The van der Waals surface area contributed by atoms with E-state index in [9.17, 15) is 4.79 Å². The van der Waals surface area contributed by atoms with Crippen LogP contribution in [0.3, 0.4) is 0 Å². The fourth-order valence-corrected chi connectivity index (χ4v) is 5.04. The average Bonchev–Trinajstić information content (AvgIpc) is 3.17. The molecule has 6 heteroatoms. The van der Waals surface area contributed by atoms with E-state index in [4.69, 9.17) is 4.98 Å². The number of rotatable bonds is 6. The third-order valence-corrected chi connectivity index (χ3v) is 6.78. The van der Waals surface area contributed by atoms with Crippen molar-refractivity contribution in [3.05, 3.63) is 59.1 Å². The van der Waals surface area contributed by atoms with E-state index in [2.05, 4.69) is 49.1 Å². The third kappa shape index (κ3) is 4.43. The molecule has 1 saturated heterocycles. The Hall–Kier alpha value is -2.44. The molecular weight excluding hydrogens is 380 g/mol. The van der Waals surface area contributed by atoms with Crippen LogP contribution in [0.4, 0.5) is 5.69 Å². The normalized spacial score (nSPS) is 15.0. The zero-order chi connectivity index (χ0) is 20.2. The van der Waals surface area contributed by atoms with Crippen molar-refractivity contribution >= 4 is 33.1 Å². The molecule has 2 aromatic carbocycles. The fourth-order valence-electron chi connectivity index (χ4n) is 4.00. The van der Waals surface area contributed by atoms with Crippen molar-refractivity contribution in [3.63, 3.8) is 0 Å². The number of amides is 1. The fraction of sp³-hybridized carbons (Fsp3) is 0.391. The molecule has 0 radical (unpaired) electrons. The van der Waals surface area contributed by atoms with Gasteiger partial charge in [-0.15, -0.1) is 11.3 Å². The van der Waals surface area contributed by atoms with Crippen molar-refractivity contribution in [2.75, 3.05) is 44.2 Å². The molecule has 1 aliphatic heterocycles. The van der Waals surface area contributed by atoms with E-state index in [0.29, 0.717) is 0 Å². The van der Waals surface area contributed by atoms with Crippen molar-refractivity contribution in [3.8, 4) is 0 Å². The van der Waals surface area contributed by atoms with E-state index in [1.54, 1.807) is 11.3 Å². The predicted molar refractivity (Wildman–Crippen MR) is 120 cm³/mol. The molecule has 0 unspecified atom stereocenters. The van der Waals surface area contributed by atoms with Gasteiger partial charge in [-0.2, -0.15) is 0 Å². The highest BCUT2D eigenvalue weighted by atomic mass is 32.1. The van der Waals surface area contributed by atoms with Gasteiger partial charge in [0.2, 0.25) is 0 Å². The van der Waals surface area contributed by atoms with Gasteiger partial charge in [-0.3, -0.25) is 4.79 Å². The predicted octanol–water partition coefficient (Wildman–Crippen LogP) is 2.68. The number of nitrogens with zero attached hydrogens (tertiary/aromatic N) is 3. The highest BCUT2D eigenvalue weighted by molar-refractivity contribution is 7.18. The first kappa shape index (κ1) is 19.9. The van der Waals surface area contributed by atoms with Gasteiger partial charge in [-0.25, -0.2) is 4.98 Å². The van der Waals surface area contributed by atoms with Crippen LogP contribution in [0.2, 0.25) is 0 Å². The first-order chi connectivity index (χ1) is 14.2. The van der Waals surface area contributed by atoms with Gasteiger partial charge in [0, 0.05) is 24.3 Å². The molecule has 1 amide bonds. The van der Waals surface area contributed by atoms with Crippen LogP contribution < -0.4 is 9.80 Å². The Bertz CT molecular complexity index is 923. The number of thiazole rings is 1. The van der Waals surface area contributed by atoms with E-state index in [1.807, 2.05) is 23.1 Å². The number of carbonyl (C=O) groups excluding carboxylic acids is 1. The molecule has 2 heterocycles. The summed E-state index contributed by atoms with van der Waals surface area (Å²) >= 11 is 1.79. The summed E-state index contributed by atoms with van der Waals surface area (Å²) in [5.74, 6) is 0.148. The molecule has 0 atom stereocenters. The van der Waals surface area contributed by atoms with Gasteiger partial charge >= 0.3 is 0 Å². The molecule has 1 aliphatic rings. The van der Waals surface area contributed by atoms with Crippen molar-refractivity contribution in [1.29, 1.82) is 0 Å². The van der Waals surface area contributed by atoms with Gasteiger partial charge in [-0.1, -0.05) is 12.1 Å². The number of quaternary nitrogens is 1. The molecule has 0 saturated carbocycles. The lowest BCUT2D eigenvalue weighted by molar-refractivity contribution is -0.917. The maximum absolute atomic E-state index is 12.9. The maximum Gasteiger partial charge on any atom is 0.254 e. The number of nitrogens with one attached hydrogen (secondary N) is 1. The van der Waals surface area contributed by atoms with Crippen molar-refractivity contribution in [2.24, 2.45) is 0 Å². The number of benzene rings is 2. The highest BCUT2D eigenvalue weighted by Crippen LogP contribution is 2.21. The van der Waals surface area contributed by atoms with E-state index in [1.165, 1.54) is 20.3 Å². The number of piperazine rings is 1. The summed E-state index contributed by atoms with van der Waals surface area (Å²) in [6, 6.07) is 16.4. The molecule has 1 fully saturated rings. The first-order valence-corrected chi connectivity index (χ1v) is 11.3. The second kappa shape index (κ2) is 8.93.